The minimum Gasteiger partial charge on any atom is -0.433 e. The van der Waals surface area contributed by atoms with E-state index < -0.39 is 23.5 Å². The summed E-state index contributed by atoms with van der Waals surface area (Å²) in [5, 5.41) is 21.8. The third-order valence-electron chi connectivity index (χ3n) is 11.0. The predicted octanol–water partition coefficient (Wildman–Crippen LogP) is 9.49. The molecule has 43 heavy (non-hydrogen) atoms. The molecule has 0 aliphatic heterocycles. The molecule has 252 valence electrons. The molecule has 0 amide bonds. The Morgan fingerprint density at radius 1 is 0.581 bits per heavy atom. The van der Waals surface area contributed by atoms with Crippen molar-refractivity contribution in [1.29, 1.82) is 0 Å². The normalized spacial score (nSPS) is 26.3. The van der Waals surface area contributed by atoms with Crippen LogP contribution in [0, 0.1) is 34.5 Å². The molecule has 2 saturated carbocycles. The molecule has 0 radical (unpaired) electrons. The monoisotopic (exact) mass is 609 g/mol. The Kier molecular flexibility index (Phi) is 15.0. The van der Waals surface area contributed by atoms with Gasteiger partial charge in [-0.05, 0) is 79.4 Å². The lowest BCUT2D eigenvalue weighted by molar-refractivity contribution is -0.214. The van der Waals surface area contributed by atoms with Gasteiger partial charge < -0.3 is 19.7 Å². The van der Waals surface area contributed by atoms with Crippen molar-refractivity contribution in [2.75, 3.05) is 0 Å². The fourth-order valence-electron chi connectivity index (χ4n) is 7.47. The number of hydrogen-bond donors (Lipinski definition) is 2. The molecule has 2 aliphatic carbocycles. The highest BCUT2D eigenvalue weighted by molar-refractivity contribution is 5.73. The van der Waals surface area contributed by atoms with Crippen LogP contribution in [-0.2, 0) is 19.1 Å². The van der Waals surface area contributed by atoms with Gasteiger partial charge in [0.1, 0.15) is 0 Å². The van der Waals surface area contributed by atoms with Crippen molar-refractivity contribution in [3.63, 3.8) is 0 Å². The third kappa shape index (κ3) is 13.8. The van der Waals surface area contributed by atoms with E-state index >= 15 is 0 Å². The second kappa shape index (κ2) is 17.0. The van der Waals surface area contributed by atoms with Gasteiger partial charge in [-0.25, -0.2) is 0 Å². The van der Waals surface area contributed by atoms with Crippen molar-refractivity contribution < 1.29 is 29.3 Å². The largest absolute Gasteiger partial charge is 0.433 e. The van der Waals surface area contributed by atoms with E-state index in [4.69, 9.17) is 9.47 Å². The maximum Gasteiger partial charge on any atom is 0.308 e. The zero-order valence-electron chi connectivity index (χ0n) is 29.3. The standard InChI is InChI=1S/C37H68O6/c1-9-36(40,26-12-14-28-18-22-30(23-19-28)34(3,4)5)42-32(38)16-11-17-33(39)43-37(41,10-2)27-13-15-29-20-24-31(25-21-29)35(6,7)8/h28-31,40-41H,9-27H2,1-8H3. The van der Waals surface area contributed by atoms with Crippen LogP contribution in [0.3, 0.4) is 0 Å². The van der Waals surface area contributed by atoms with Crippen molar-refractivity contribution >= 4 is 11.9 Å². The molecule has 0 heterocycles. The molecule has 6 heteroatoms. The van der Waals surface area contributed by atoms with E-state index in [-0.39, 0.29) is 19.3 Å². The smallest absolute Gasteiger partial charge is 0.308 e. The summed E-state index contributed by atoms with van der Waals surface area (Å²) in [6.07, 6.45) is 15.8. The summed E-state index contributed by atoms with van der Waals surface area (Å²) in [7, 11) is 0. The molecule has 2 N–H and O–H groups in total. The summed E-state index contributed by atoms with van der Waals surface area (Å²) in [5.41, 5.74) is 0.751. The first kappa shape index (κ1) is 38.0. The molecule has 2 unspecified atom stereocenters. The summed E-state index contributed by atoms with van der Waals surface area (Å²) in [4.78, 5) is 25.0. The van der Waals surface area contributed by atoms with E-state index in [0.29, 0.717) is 48.3 Å². The highest BCUT2D eigenvalue weighted by atomic mass is 16.7. The molecule has 0 saturated heterocycles. The lowest BCUT2D eigenvalue weighted by atomic mass is 9.69. The summed E-state index contributed by atoms with van der Waals surface area (Å²) < 4.78 is 11.0. The van der Waals surface area contributed by atoms with Crippen molar-refractivity contribution in [3.8, 4) is 0 Å². The second-order valence-electron chi connectivity index (χ2n) is 16.4. The Hall–Kier alpha value is -1.14. The van der Waals surface area contributed by atoms with Gasteiger partial charge in [-0.2, -0.15) is 0 Å². The van der Waals surface area contributed by atoms with Gasteiger partial charge in [0.15, 0.2) is 0 Å². The highest BCUT2D eigenvalue weighted by Gasteiger charge is 2.34. The molecule has 2 fully saturated rings. The van der Waals surface area contributed by atoms with Crippen molar-refractivity contribution in [2.45, 2.75) is 189 Å². The van der Waals surface area contributed by atoms with Crippen molar-refractivity contribution in [3.05, 3.63) is 0 Å². The molecule has 0 aromatic heterocycles. The lowest BCUT2D eigenvalue weighted by Gasteiger charge is -2.37. The average molecular weight is 609 g/mol. The first-order valence-electron chi connectivity index (χ1n) is 17.9. The average Bonchev–Trinajstić information content (AvgIpc) is 2.92. The summed E-state index contributed by atoms with van der Waals surface area (Å²) in [6.45, 7) is 17.7. The Labute approximate surface area is 264 Å². The van der Waals surface area contributed by atoms with E-state index in [1.165, 1.54) is 51.4 Å². The second-order valence-corrected chi connectivity index (χ2v) is 16.4. The Bertz CT molecular complexity index is 757. The van der Waals surface area contributed by atoms with E-state index in [1.807, 2.05) is 13.8 Å². The van der Waals surface area contributed by atoms with Crippen LogP contribution in [-0.4, -0.2) is 33.7 Å². The first-order valence-corrected chi connectivity index (χ1v) is 17.9. The number of carbonyl (C=O) groups excluding carboxylic acids is 2. The molecule has 2 aliphatic rings. The molecule has 0 aromatic carbocycles. The van der Waals surface area contributed by atoms with Gasteiger partial charge in [0.25, 0.3) is 0 Å². The van der Waals surface area contributed by atoms with Gasteiger partial charge in [0.05, 0.1) is 0 Å². The number of rotatable bonds is 16. The van der Waals surface area contributed by atoms with Gasteiger partial charge in [0.2, 0.25) is 11.6 Å². The molecule has 2 atom stereocenters. The van der Waals surface area contributed by atoms with Gasteiger partial charge in [-0.1, -0.05) is 93.9 Å². The van der Waals surface area contributed by atoms with Crippen LogP contribution in [0.5, 0.6) is 0 Å². The zero-order chi connectivity index (χ0) is 32.3. The fraction of sp³-hybridized carbons (Fsp3) is 0.946. The lowest BCUT2D eigenvalue weighted by Crippen LogP contribution is -2.35. The predicted molar refractivity (Wildman–Crippen MR) is 174 cm³/mol. The maximum atomic E-state index is 12.5. The van der Waals surface area contributed by atoms with Crippen molar-refractivity contribution in [1.82, 2.24) is 0 Å². The third-order valence-corrected chi connectivity index (χ3v) is 11.0. The van der Waals surface area contributed by atoms with Crippen LogP contribution in [0.2, 0.25) is 0 Å². The van der Waals surface area contributed by atoms with Crippen LogP contribution < -0.4 is 0 Å². The zero-order valence-corrected chi connectivity index (χ0v) is 29.3. The van der Waals surface area contributed by atoms with Crippen molar-refractivity contribution in [2.24, 2.45) is 34.5 Å². The van der Waals surface area contributed by atoms with Gasteiger partial charge in [-0.3, -0.25) is 9.59 Å². The Balaban J connectivity index is 1.64. The number of esters is 2. The van der Waals surface area contributed by atoms with Crippen LogP contribution in [0.25, 0.3) is 0 Å². The van der Waals surface area contributed by atoms with Crippen LogP contribution >= 0.6 is 0 Å². The van der Waals surface area contributed by atoms with E-state index in [9.17, 15) is 19.8 Å². The summed E-state index contributed by atoms with van der Waals surface area (Å²) in [5.74, 6) is -0.918. The van der Waals surface area contributed by atoms with E-state index in [1.54, 1.807) is 0 Å². The number of hydrogen-bond acceptors (Lipinski definition) is 6. The molecule has 6 nitrogen and oxygen atoms in total. The maximum absolute atomic E-state index is 12.5. The Morgan fingerprint density at radius 2 is 0.907 bits per heavy atom. The highest BCUT2D eigenvalue weighted by Crippen LogP contribution is 2.42. The molecule has 0 spiro atoms. The fourth-order valence-corrected chi connectivity index (χ4v) is 7.47. The molecular weight excluding hydrogens is 540 g/mol. The number of aliphatic hydroxyl groups is 2. The minimum atomic E-state index is -1.45. The van der Waals surface area contributed by atoms with Crippen LogP contribution in [0.4, 0.5) is 0 Å². The summed E-state index contributed by atoms with van der Waals surface area (Å²) in [6, 6.07) is 0. The van der Waals surface area contributed by atoms with E-state index in [2.05, 4.69) is 41.5 Å². The minimum absolute atomic E-state index is 0.0377. The molecule has 2 rings (SSSR count). The molecular formula is C37H68O6. The SMILES string of the molecule is CCC(O)(CCCC1CCC(C(C)(C)C)CC1)OC(=O)CCCC(=O)OC(O)(CC)CCCC1CCC(C(C)(C)C)CC1. The van der Waals surface area contributed by atoms with Crippen LogP contribution in [0.1, 0.15) is 177 Å². The van der Waals surface area contributed by atoms with Crippen LogP contribution in [0.15, 0.2) is 0 Å². The Morgan fingerprint density at radius 3 is 1.19 bits per heavy atom. The topological polar surface area (TPSA) is 93.1 Å². The summed E-state index contributed by atoms with van der Waals surface area (Å²) >= 11 is 0. The molecule has 0 aromatic rings. The molecule has 0 bridgehead atoms. The van der Waals surface area contributed by atoms with Gasteiger partial charge in [0, 0.05) is 38.5 Å². The van der Waals surface area contributed by atoms with Gasteiger partial charge >= 0.3 is 11.9 Å². The van der Waals surface area contributed by atoms with E-state index in [0.717, 1.165) is 37.5 Å². The first-order chi connectivity index (χ1) is 20.0. The quantitative estimate of drug-likeness (QED) is 0.134. The van der Waals surface area contributed by atoms with Gasteiger partial charge in [-0.15, -0.1) is 0 Å². The number of ether oxygens (including phenoxy) is 2. The number of carbonyl (C=O) groups is 2.